The number of methoxy groups -OCH3 is 2. The highest BCUT2D eigenvalue weighted by atomic mass is 32.2. The van der Waals surface area contributed by atoms with E-state index in [0.29, 0.717) is 31.1 Å². The lowest BCUT2D eigenvalue weighted by Crippen LogP contribution is -2.44. The minimum absolute atomic E-state index is 0.0243. The second kappa shape index (κ2) is 9.43. The van der Waals surface area contributed by atoms with Crippen LogP contribution in [0.1, 0.15) is 6.42 Å². The predicted octanol–water partition coefficient (Wildman–Crippen LogP) is 0.204. The Balaban J connectivity index is 1.80. The van der Waals surface area contributed by atoms with Crippen molar-refractivity contribution in [1.29, 1.82) is 0 Å². The summed E-state index contributed by atoms with van der Waals surface area (Å²) >= 11 is -2.14. The fourth-order valence-corrected chi connectivity index (χ4v) is 3.64. The van der Waals surface area contributed by atoms with E-state index in [4.69, 9.17) is 14.0 Å². The molecule has 10 nitrogen and oxygen atoms in total. The SMILES string of the molecule is COc1cc2ncnc(N3CCCN(C(O)CNS(=O)O)CC3)c2cc1OC. The molecule has 1 saturated heterocycles. The third-order valence-electron chi connectivity index (χ3n) is 4.76. The molecule has 1 aromatic heterocycles. The number of fused-ring (bicyclic) bond motifs is 1. The van der Waals surface area contributed by atoms with Crippen LogP contribution < -0.4 is 19.1 Å². The molecule has 2 aromatic rings. The number of rotatable bonds is 7. The maximum atomic E-state index is 10.7. The maximum absolute atomic E-state index is 10.7. The van der Waals surface area contributed by atoms with Crippen molar-refractivity contribution >= 4 is 28.0 Å². The molecule has 154 valence electrons. The van der Waals surface area contributed by atoms with Gasteiger partial charge in [0.25, 0.3) is 0 Å². The molecule has 3 rings (SSSR count). The minimum Gasteiger partial charge on any atom is -0.493 e. The number of aliphatic hydroxyl groups is 1. The summed E-state index contributed by atoms with van der Waals surface area (Å²) in [5, 5.41) is 11.1. The molecular formula is C17H25N5O5S. The van der Waals surface area contributed by atoms with Gasteiger partial charge >= 0.3 is 0 Å². The summed E-state index contributed by atoms with van der Waals surface area (Å²) in [5.74, 6) is 2.02. The van der Waals surface area contributed by atoms with Gasteiger partial charge in [0, 0.05) is 37.6 Å². The lowest BCUT2D eigenvalue weighted by Gasteiger charge is -2.26. The van der Waals surface area contributed by atoms with Gasteiger partial charge in [-0.3, -0.25) is 9.45 Å². The van der Waals surface area contributed by atoms with Crippen LogP contribution in [0.5, 0.6) is 11.5 Å². The summed E-state index contributed by atoms with van der Waals surface area (Å²) in [5.41, 5.74) is 0.762. The molecule has 0 aliphatic carbocycles. The number of hydrogen-bond acceptors (Lipinski definition) is 8. The smallest absolute Gasteiger partial charge is 0.231 e. The van der Waals surface area contributed by atoms with Crippen LogP contribution in [0.4, 0.5) is 5.82 Å². The first-order valence-electron chi connectivity index (χ1n) is 8.91. The standard InChI is InChI=1S/C17H25N5O5S/c1-26-14-8-12-13(9-15(14)27-2)18-11-19-17(12)22-5-3-4-21(6-7-22)16(23)10-20-28(24)25/h8-9,11,16,20,23H,3-7,10H2,1-2H3,(H,24,25). The third-order valence-corrected chi connectivity index (χ3v) is 5.17. The number of hydrogen-bond donors (Lipinski definition) is 3. The highest BCUT2D eigenvalue weighted by Gasteiger charge is 2.23. The Morgan fingerprint density at radius 3 is 2.64 bits per heavy atom. The van der Waals surface area contributed by atoms with E-state index < -0.39 is 17.5 Å². The summed E-state index contributed by atoms with van der Waals surface area (Å²) in [6.07, 6.45) is 1.52. The second-order valence-corrected chi connectivity index (χ2v) is 7.16. The van der Waals surface area contributed by atoms with Crippen LogP contribution >= 0.6 is 0 Å². The van der Waals surface area contributed by atoms with Gasteiger partial charge in [0.2, 0.25) is 11.3 Å². The van der Waals surface area contributed by atoms with Crippen LogP contribution in [-0.4, -0.2) is 81.9 Å². The Bertz CT molecular complexity index is 839. The largest absolute Gasteiger partial charge is 0.493 e. The fourth-order valence-electron chi connectivity index (χ4n) is 3.34. The van der Waals surface area contributed by atoms with Gasteiger partial charge in [0.15, 0.2) is 11.5 Å². The van der Waals surface area contributed by atoms with Crippen molar-refractivity contribution in [2.45, 2.75) is 12.6 Å². The first kappa shape index (κ1) is 20.7. The Morgan fingerprint density at radius 2 is 1.93 bits per heavy atom. The van der Waals surface area contributed by atoms with Crippen molar-refractivity contribution in [3.05, 3.63) is 18.5 Å². The molecule has 28 heavy (non-hydrogen) atoms. The van der Waals surface area contributed by atoms with Crippen molar-refractivity contribution in [3.63, 3.8) is 0 Å². The molecule has 0 bridgehead atoms. The average Bonchev–Trinajstić information content (AvgIpc) is 2.96. The van der Waals surface area contributed by atoms with Crippen LogP contribution in [0.15, 0.2) is 18.5 Å². The van der Waals surface area contributed by atoms with Crippen molar-refractivity contribution < 1.29 is 23.3 Å². The zero-order valence-corrected chi connectivity index (χ0v) is 16.7. The summed E-state index contributed by atoms with van der Waals surface area (Å²) < 4.78 is 32.7. The predicted molar refractivity (Wildman–Crippen MR) is 106 cm³/mol. The van der Waals surface area contributed by atoms with E-state index in [-0.39, 0.29) is 6.54 Å². The van der Waals surface area contributed by atoms with E-state index in [1.54, 1.807) is 14.2 Å². The number of benzene rings is 1. The number of aliphatic hydroxyl groups excluding tert-OH is 1. The van der Waals surface area contributed by atoms with E-state index in [1.807, 2.05) is 17.0 Å². The Hall–Kier alpha value is -2.05. The highest BCUT2D eigenvalue weighted by Crippen LogP contribution is 2.34. The average molecular weight is 411 g/mol. The molecule has 0 radical (unpaired) electrons. The Morgan fingerprint density at radius 1 is 1.18 bits per heavy atom. The molecule has 2 unspecified atom stereocenters. The van der Waals surface area contributed by atoms with E-state index >= 15 is 0 Å². The molecule has 0 saturated carbocycles. The minimum atomic E-state index is -2.14. The summed E-state index contributed by atoms with van der Waals surface area (Å²) in [6, 6.07) is 3.70. The van der Waals surface area contributed by atoms with Gasteiger partial charge in [-0.2, -0.15) is 0 Å². The molecule has 0 spiro atoms. The molecule has 1 aliphatic heterocycles. The van der Waals surface area contributed by atoms with Gasteiger partial charge < -0.3 is 19.5 Å². The summed E-state index contributed by atoms with van der Waals surface area (Å²) in [7, 11) is 3.17. The number of aromatic nitrogens is 2. The van der Waals surface area contributed by atoms with E-state index in [2.05, 4.69) is 19.6 Å². The lowest BCUT2D eigenvalue weighted by atomic mass is 10.2. The zero-order valence-electron chi connectivity index (χ0n) is 15.9. The van der Waals surface area contributed by atoms with Gasteiger partial charge in [-0.25, -0.2) is 18.9 Å². The molecule has 1 aliphatic rings. The van der Waals surface area contributed by atoms with Gasteiger partial charge in [-0.05, 0) is 12.5 Å². The van der Waals surface area contributed by atoms with Crippen LogP contribution in [0.2, 0.25) is 0 Å². The lowest BCUT2D eigenvalue weighted by molar-refractivity contribution is 0.0131. The normalized spacial score (nSPS) is 17.9. The van der Waals surface area contributed by atoms with E-state index in [1.165, 1.54) is 6.33 Å². The van der Waals surface area contributed by atoms with Crippen molar-refractivity contribution in [2.24, 2.45) is 0 Å². The third kappa shape index (κ3) is 4.67. The van der Waals surface area contributed by atoms with Crippen molar-refractivity contribution in [1.82, 2.24) is 19.6 Å². The monoisotopic (exact) mass is 411 g/mol. The van der Waals surface area contributed by atoms with Gasteiger partial charge in [-0.15, -0.1) is 0 Å². The molecular weight excluding hydrogens is 386 g/mol. The first-order chi connectivity index (χ1) is 13.5. The summed E-state index contributed by atoms with van der Waals surface area (Å²) in [6.45, 7) is 2.72. The molecule has 1 fully saturated rings. The number of nitrogens with zero attached hydrogens (tertiary/aromatic N) is 4. The molecule has 1 aromatic carbocycles. The molecule has 2 heterocycles. The van der Waals surface area contributed by atoms with Crippen molar-refractivity contribution in [2.75, 3.05) is 51.8 Å². The van der Waals surface area contributed by atoms with Gasteiger partial charge in [0.05, 0.1) is 26.3 Å². The van der Waals surface area contributed by atoms with Crippen LogP contribution in [0, 0.1) is 0 Å². The molecule has 2 atom stereocenters. The van der Waals surface area contributed by atoms with Crippen LogP contribution in [0.25, 0.3) is 10.9 Å². The maximum Gasteiger partial charge on any atom is 0.231 e. The zero-order chi connectivity index (χ0) is 20.1. The number of nitrogens with one attached hydrogen (secondary N) is 1. The number of ether oxygens (including phenoxy) is 2. The van der Waals surface area contributed by atoms with E-state index in [0.717, 1.165) is 29.7 Å². The molecule has 3 N–H and O–H groups in total. The highest BCUT2D eigenvalue weighted by molar-refractivity contribution is 7.77. The molecule has 11 heteroatoms. The van der Waals surface area contributed by atoms with Crippen LogP contribution in [-0.2, 0) is 11.3 Å². The summed E-state index contributed by atoms with van der Waals surface area (Å²) in [4.78, 5) is 12.9. The van der Waals surface area contributed by atoms with Crippen LogP contribution in [0.3, 0.4) is 0 Å². The second-order valence-electron chi connectivity index (χ2n) is 6.38. The molecule has 0 amide bonds. The van der Waals surface area contributed by atoms with Gasteiger partial charge in [0.1, 0.15) is 18.4 Å². The Labute approximate surface area is 165 Å². The van der Waals surface area contributed by atoms with E-state index in [9.17, 15) is 9.32 Å². The Kier molecular flexibility index (Phi) is 6.97. The van der Waals surface area contributed by atoms with Gasteiger partial charge in [-0.1, -0.05) is 0 Å². The first-order valence-corrected chi connectivity index (χ1v) is 10.0. The topological polar surface area (TPSA) is 120 Å². The van der Waals surface area contributed by atoms with Crippen molar-refractivity contribution in [3.8, 4) is 11.5 Å². The number of anilines is 1. The fraction of sp³-hybridized carbons (Fsp3) is 0.529. The quantitative estimate of drug-likeness (QED) is 0.549.